The van der Waals surface area contributed by atoms with Gasteiger partial charge in [0.05, 0.1) is 17.4 Å². The maximum Gasteiger partial charge on any atom is 0.263 e. The van der Waals surface area contributed by atoms with E-state index in [1.165, 1.54) is 11.3 Å². The van der Waals surface area contributed by atoms with Crippen LogP contribution in [0.2, 0.25) is 0 Å². The Hall–Kier alpha value is -1.95. The molecule has 1 atom stereocenters. The Morgan fingerprint density at radius 1 is 1.50 bits per heavy atom. The molecule has 0 aliphatic carbocycles. The van der Waals surface area contributed by atoms with E-state index in [0.717, 1.165) is 5.69 Å². The third kappa shape index (κ3) is 2.65. The fraction of sp³-hybridized carbons (Fsp3) is 0.250. The van der Waals surface area contributed by atoms with Crippen LogP contribution in [0.1, 0.15) is 34.0 Å². The lowest BCUT2D eigenvalue weighted by Crippen LogP contribution is -2.27. The predicted octanol–water partition coefficient (Wildman–Crippen LogP) is 1.92. The highest BCUT2D eigenvalue weighted by molar-refractivity contribution is 7.17. The Bertz CT molecular complexity index is 552. The summed E-state index contributed by atoms with van der Waals surface area (Å²) in [6.45, 7) is 3.66. The van der Waals surface area contributed by atoms with Gasteiger partial charge in [-0.1, -0.05) is 17.4 Å². The molecule has 0 spiro atoms. The van der Waals surface area contributed by atoms with Crippen LogP contribution in [0.15, 0.2) is 24.4 Å². The lowest BCUT2D eigenvalue weighted by molar-refractivity contribution is 0.0942. The highest BCUT2D eigenvalue weighted by Crippen LogP contribution is 2.20. The number of pyridine rings is 1. The lowest BCUT2D eigenvalue weighted by atomic mass is 10.2. The van der Waals surface area contributed by atoms with Crippen molar-refractivity contribution in [3.63, 3.8) is 0 Å². The molecule has 0 bridgehead atoms. The van der Waals surface area contributed by atoms with Crippen LogP contribution >= 0.6 is 11.3 Å². The van der Waals surface area contributed by atoms with E-state index in [0.29, 0.717) is 15.7 Å². The van der Waals surface area contributed by atoms with E-state index in [1.54, 1.807) is 13.1 Å². The molecule has 1 amide bonds. The minimum atomic E-state index is -0.167. The molecular weight excluding hydrogens is 248 g/mol. The number of rotatable bonds is 3. The lowest BCUT2D eigenvalue weighted by Gasteiger charge is -2.12. The average Bonchev–Trinajstić information content (AvgIpc) is 2.69. The van der Waals surface area contributed by atoms with Gasteiger partial charge in [0.2, 0.25) is 0 Å². The third-order valence-electron chi connectivity index (χ3n) is 2.50. The van der Waals surface area contributed by atoms with Crippen LogP contribution in [0, 0.1) is 6.92 Å². The topological polar surface area (TPSA) is 80.9 Å². The number of aromatic nitrogens is 2. The van der Waals surface area contributed by atoms with Gasteiger partial charge in [-0.15, -0.1) is 0 Å². The van der Waals surface area contributed by atoms with Crippen LogP contribution in [-0.4, -0.2) is 15.9 Å². The molecule has 18 heavy (non-hydrogen) atoms. The molecule has 1 unspecified atom stereocenters. The second-order valence-electron chi connectivity index (χ2n) is 3.92. The van der Waals surface area contributed by atoms with E-state index in [1.807, 2.05) is 25.1 Å². The largest absolute Gasteiger partial charge is 0.375 e. The van der Waals surface area contributed by atoms with Gasteiger partial charge in [0.1, 0.15) is 4.88 Å². The number of carbonyl (C=O) groups is 1. The van der Waals surface area contributed by atoms with Crippen LogP contribution in [0.3, 0.4) is 0 Å². The van der Waals surface area contributed by atoms with Crippen LogP contribution in [0.5, 0.6) is 0 Å². The molecule has 0 radical (unpaired) electrons. The summed E-state index contributed by atoms with van der Waals surface area (Å²) in [5.74, 6) is -0.167. The molecular formula is C12H14N4OS. The fourth-order valence-corrected chi connectivity index (χ4v) is 2.33. The van der Waals surface area contributed by atoms with Gasteiger partial charge < -0.3 is 11.1 Å². The van der Waals surface area contributed by atoms with E-state index in [-0.39, 0.29) is 11.9 Å². The van der Waals surface area contributed by atoms with Crippen molar-refractivity contribution in [2.75, 3.05) is 5.73 Å². The number of nitrogens with zero attached hydrogens (tertiary/aromatic N) is 2. The van der Waals surface area contributed by atoms with Crippen molar-refractivity contribution in [2.45, 2.75) is 19.9 Å². The number of anilines is 1. The summed E-state index contributed by atoms with van der Waals surface area (Å²) in [6, 6.07) is 5.45. The van der Waals surface area contributed by atoms with Crippen molar-refractivity contribution >= 4 is 22.4 Å². The molecule has 0 fully saturated rings. The van der Waals surface area contributed by atoms with Crippen LogP contribution < -0.4 is 11.1 Å². The normalized spacial score (nSPS) is 12.1. The van der Waals surface area contributed by atoms with E-state index < -0.39 is 0 Å². The zero-order valence-electron chi connectivity index (χ0n) is 10.2. The highest BCUT2D eigenvalue weighted by atomic mass is 32.1. The summed E-state index contributed by atoms with van der Waals surface area (Å²) in [5, 5.41) is 3.29. The molecule has 94 valence electrons. The van der Waals surface area contributed by atoms with Gasteiger partial charge in [-0.3, -0.25) is 9.78 Å². The number of carbonyl (C=O) groups excluding carboxylic acids is 1. The number of nitrogens with two attached hydrogens (primary N) is 1. The molecule has 2 heterocycles. The molecule has 5 nitrogen and oxygen atoms in total. The van der Waals surface area contributed by atoms with Gasteiger partial charge in [-0.2, -0.15) is 0 Å². The zero-order valence-corrected chi connectivity index (χ0v) is 11.0. The summed E-state index contributed by atoms with van der Waals surface area (Å²) >= 11 is 1.19. The second kappa shape index (κ2) is 5.14. The van der Waals surface area contributed by atoms with Gasteiger partial charge in [-0.05, 0) is 26.0 Å². The van der Waals surface area contributed by atoms with Gasteiger partial charge in [0.15, 0.2) is 5.13 Å². The van der Waals surface area contributed by atoms with Crippen molar-refractivity contribution in [3.05, 3.63) is 40.7 Å². The number of aryl methyl sites for hydroxylation is 1. The maximum atomic E-state index is 12.0. The number of thiazole rings is 1. The number of nitrogen functional groups attached to an aromatic ring is 1. The van der Waals surface area contributed by atoms with Gasteiger partial charge >= 0.3 is 0 Å². The smallest absolute Gasteiger partial charge is 0.263 e. The molecule has 0 aliphatic rings. The number of amides is 1. The first-order valence-electron chi connectivity index (χ1n) is 5.52. The van der Waals surface area contributed by atoms with Crippen LogP contribution in [0.4, 0.5) is 5.13 Å². The number of nitrogens with one attached hydrogen (secondary N) is 1. The quantitative estimate of drug-likeness (QED) is 0.885. The third-order valence-corrected chi connectivity index (χ3v) is 3.48. The minimum Gasteiger partial charge on any atom is -0.375 e. The van der Waals surface area contributed by atoms with Crippen LogP contribution in [-0.2, 0) is 0 Å². The molecule has 0 saturated heterocycles. The first kappa shape index (κ1) is 12.5. The maximum absolute atomic E-state index is 12.0. The average molecular weight is 262 g/mol. The molecule has 0 aromatic carbocycles. The van der Waals surface area contributed by atoms with E-state index >= 15 is 0 Å². The summed E-state index contributed by atoms with van der Waals surface area (Å²) in [5.41, 5.74) is 7.05. The van der Waals surface area contributed by atoms with Gasteiger partial charge in [0.25, 0.3) is 5.91 Å². The number of hydrogen-bond acceptors (Lipinski definition) is 5. The van der Waals surface area contributed by atoms with Crippen molar-refractivity contribution in [1.82, 2.24) is 15.3 Å². The summed E-state index contributed by atoms with van der Waals surface area (Å²) in [7, 11) is 0. The Morgan fingerprint density at radius 2 is 2.28 bits per heavy atom. The monoisotopic (exact) mass is 262 g/mol. The first-order chi connectivity index (χ1) is 8.58. The highest BCUT2D eigenvalue weighted by Gasteiger charge is 2.17. The first-order valence-corrected chi connectivity index (χ1v) is 6.34. The van der Waals surface area contributed by atoms with Crippen molar-refractivity contribution < 1.29 is 4.79 Å². The van der Waals surface area contributed by atoms with E-state index in [4.69, 9.17) is 5.73 Å². The Balaban J connectivity index is 2.10. The molecule has 2 rings (SSSR count). The molecule has 0 aliphatic heterocycles. The SMILES string of the molecule is Cc1nc(N)sc1C(=O)NC(C)c1ccccn1. The zero-order chi connectivity index (χ0) is 13.1. The summed E-state index contributed by atoms with van der Waals surface area (Å²) in [4.78, 5) is 20.8. The predicted molar refractivity (Wildman–Crippen MR) is 71.4 cm³/mol. The summed E-state index contributed by atoms with van der Waals surface area (Å²) in [6.07, 6.45) is 1.70. The standard InChI is InChI=1S/C12H14N4OS/c1-7(9-5-3-4-6-14-9)15-11(17)10-8(2)16-12(13)18-10/h3-7H,1-2H3,(H2,13,16)(H,15,17). The van der Waals surface area contributed by atoms with Crippen molar-refractivity contribution in [1.29, 1.82) is 0 Å². The van der Waals surface area contributed by atoms with Crippen molar-refractivity contribution in [3.8, 4) is 0 Å². The molecule has 2 aromatic heterocycles. The molecule has 0 saturated carbocycles. The van der Waals surface area contributed by atoms with Gasteiger partial charge in [-0.25, -0.2) is 4.98 Å². The molecule has 3 N–H and O–H groups in total. The minimum absolute atomic E-state index is 0.151. The second-order valence-corrected chi connectivity index (χ2v) is 4.95. The summed E-state index contributed by atoms with van der Waals surface area (Å²) < 4.78 is 0. The Kier molecular flexibility index (Phi) is 3.57. The Morgan fingerprint density at radius 3 is 2.83 bits per heavy atom. The number of hydrogen-bond donors (Lipinski definition) is 2. The fourth-order valence-electron chi connectivity index (χ4n) is 1.60. The molecule has 2 aromatic rings. The van der Waals surface area contributed by atoms with Crippen LogP contribution in [0.25, 0.3) is 0 Å². The van der Waals surface area contributed by atoms with E-state index in [2.05, 4.69) is 15.3 Å². The van der Waals surface area contributed by atoms with Gasteiger partial charge in [0, 0.05) is 6.20 Å². The van der Waals surface area contributed by atoms with E-state index in [9.17, 15) is 4.79 Å². The Labute approximate surface area is 109 Å². The van der Waals surface area contributed by atoms with Crippen molar-refractivity contribution in [2.24, 2.45) is 0 Å². The molecule has 6 heteroatoms.